The molecule has 0 saturated carbocycles. The number of methoxy groups -OCH3 is 1. The van der Waals surface area contributed by atoms with E-state index in [2.05, 4.69) is 5.32 Å². The lowest BCUT2D eigenvalue weighted by Gasteiger charge is -2.13. The highest BCUT2D eigenvalue weighted by atomic mass is 19.4. The van der Waals surface area contributed by atoms with Crippen molar-refractivity contribution < 1.29 is 22.6 Å². The van der Waals surface area contributed by atoms with E-state index < -0.39 is 12.1 Å². The van der Waals surface area contributed by atoms with E-state index in [1.165, 1.54) is 6.07 Å². The lowest BCUT2D eigenvalue weighted by molar-refractivity contribution is -0.157. The highest BCUT2D eigenvalue weighted by Crippen LogP contribution is 2.24. The lowest BCUT2D eigenvalue weighted by Crippen LogP contribution is -2.33. The molecule has 0 aromatic carbocycles. The molecular formula is C10H17F3N2O2. The maximum absolute atomic E-state index is 12.1. The second kappa shape index (κ2) is 9.22. The third-order valence-electron chi connectivity index (χ3n) is 1.97. The van der Waals surface area contributed by atoms with Crippen molar-refractivity contribution in [2.24, 2.45) is 5.92 Å². The lowest BCUT2D eigenvalue weighted by atomic mass is 10.1. The Morgan fingerprint density at radius 2 is 2.00 bits per heavy atom. The molecule has 4 nitrogen and oxygen atoms in total. The number of rotatable bonds is 9. The van der Waals surface area contributed by atoms with Crippen molar-refractivity contribution in [3.05, 3.63) is 0 Å². The first-order valence-corrected chi connectivity index (χ1v) is 5.26. The molecule has 0 aliphatic heterocycles. The van der Waals surface area contributed by atoms with Gasteiger partial charge in [0.05, 0.1) is 19.3 Å². The minimum absolute atomic E-state index is 0.377. The largest absolute Gasteiger partial charge is 0.405 e. The van der Waals surface area contributed by atoms with E-state index in [0.717, 1.165) is 0 Å². The van der Waals surface area contributed by atoms with Crippen LogP contribution in [-0.4, -0.2) is 46.2 Å². The number of alkyl halides is 3. The molecule has 0 aliphatic rings. The summed E-state index contributed by atoms with van der Waals surface area (Å²) in [5.41, 5.74) is 0. The molecule has 0 fully saturated rings. The number of hydrogen-bond acceptors (Lipinski definition) is 4. The minimum atomic E-state index is -4.46. The molecule has 17 heavy (non-hydrogen) atoms. The first-order chi connectivity index (χ1) is 8.02. The van der Waals surface area contributed by atoms with Crippen LogP contribution in [-0.2, 0) is 9.47 Å². The zero-order valence-electron chi connectivity index (χ0n) is 9.72. The first kappa shape index (κ1) is 16.2. The van der Waals surface area contributed by atoms with Crippen LogP contribution in [0.1, 0.15) is 6.42 Å². The van der Waals surface area contributed by atoms with E-state index in [4.69, 9.17) is 14.7 Å². The number of nitrogens with one attached hydrogen (secondary N) is 1. The average molecular weight is 254 g/mol. The molecule has 0 aromatic rings. The molecule has 100 valence electrons. The summed E-state index contributed by atoms with van der Waals surface area (Å²) in [7, 11) is 1.56. The summed E-state index contributed by atoms with van der Waals surface area (Å²) < 4.78 is 46.3. The zero-order chi connectivity index (χ0) is 13.1. The topological polar surface area (TPSA) is 54.3 Å². The van der Waals surface area contributed by atoms with Crippen molar-refractivity contribution >= 4 is 0 Å². The number of hydrogen-bond donors (Lipinski definition) is 1. The van der Waals surface area contributed by atoms with Gasteiger partial charge in [-0.1, -0.05) is 0 Å². The maximum atomic E-state index is 12.1. The van der Waals surface area contributed by atoms with Crippen LogP contribution in [0.4, 0.5) is 13.2 Å². The molecule has 1 unspecified atom stereocenters. The molecule has 0 aliphatic carbocycles. The zero-order valence-corrected chi connectivity index (χ0v) is 9.72. The van der Waals surface area contributed by atoms with Crippen LogP contribution in [0.3, 0.4) is 0 Å². The summed E-state index contributed by atoms with van der Waals surface area (Å²) in [6.07, 6.45) is -3.86. The van der Waals surface area contributed by atoms with Gasteiger partial charge in [0.2, 0.25) is 0 Å². The SMILES string of the molecule is COCCOCCCNCC(C#N)C(F)(F)F. The Labute approximate surface area is 98.7 Å². The quantitative estimate of drug-likeness (QED) is 0.631. The van der Waals surface area contributed by atoms with Gasteiger partial charge in [0, 0.05) is 20.3 Å². The Bertz CT molecular complexity index is 229. The molecule has 0 spiro atoms. The van der Waals surface area contributed by atoms with Gasteiger partial charge in [-0.2, -0.15) is 18.4 Å². The molecule has 0 saturated heterocycles. The fraction of sp³-hybridized carbons (Fsp3) is 0.900. The van der Waals surface area contributed by atoms with Crippen LogP contribution in [0, 0.1) is 17.2 Å². The third-order valence-corrected chi connectivity index (χ3v) is 1.97. The Kier molecular flexibility index (Phi) is 8.76. The average Bonchev–Trinajstić information content (AvgIpc) is 2.25. The fourth-order valence-electron chi connectivity index (χ4n) is 1.02. The van der Waals surface area contributed by atoms with E-state index in [0.29, 0.717) is 32.8 Å². The smallest absolute Gasteiger partial charge is 0.382 e. The highest BCUT2D eigenvalue weighted by Gasteiger charge is 2.39. The minimum Gasteiger partial charge on any atom is -0.382 e. The van der Waals surface area contributed by atoms with Gasteiger partial charge in [-0.3, -0.25) is 0 Å². The number of nitriles is 1. The molecule has 0 amide bonds. The van der Waals surface area contributed by atoms with Gasteiger partial charge < -0.3 is 14.8 Å². The summed E-state index contributed by atoms with van der Waals surface area (Å²) in [6, 6.07) is 1.23. The second-order valence-electron chi connectivity index (χ2n) is 3.39. The van der Waals surface area contributed by atoms with E-state index in [1.807, 2.05) is 0 Å². The van der Waals surface area contributed by atoms with Gasteiger partial charge in [0.1, 0.15) is 0 Å². The molecule has 0 radical (unpaired) electrons. The van der Waals surface area contributed by atoms with Crippen molar-refractivity contribution in [1.82, 2.24) is 5.32 Å². The van der Waals surface area contributed by atoms with Crippen molar-refractivity contribution in [2.45, 2.75) is 12.6 Å². The highest BCUT2D eigenvalue weighted by molar-refractivity contribution is 4.89. The first-order valence-electron chi connectivity index (χ1n) is 5.26. The van der Waals surface area contributed by atoms with E-state index in [9.17, 15) is 13.2 Å². The summed E-state index contributed by atoms with van der Waals surface area (Å²) >= 11 is 0. The van der Waals surface area contributed by atoms with Crippen LogP contribution in [0.25, 0.3) is 0 Å². The molecule has 1 atom stereocenters. The molecular weight excluding hydrogens is 237 g/mol. The Morgan fingerprint density at radius 1 is 1.29 bits per heavy atom. The van der Waals surface area contributed by atoms with Crippen LogP contribution in [0.2, 0.25) is 0 Å². The van der Waals surface area contributed by atoms with Gasteiger partial charge >= 0.3 is 6.18 Å². The summed E-state index contributed by atoms with van der Waals surface area (Å²) in [5, 5.41) is 10.9. The van der Waals surface area contributed by atoms with Gasteiger partial charge in [-0.15, -0.1) is 0 Å². The van der Waals surface area contributed by atoms with Crippen LogP contribution < -0.4 is 5.32 Å². The van der Waals surface area contributed by atoms with Crippen molar-refractivity contribution in [3.8, 4) is 6.07 Å². The van der Waals surface area contributed by atoms with Crippen molar-refractivity contribution in [3.63, 3.8) is 0 Å². The third kappa shape index (κ3) is 8.92. The van der Waals surface area contributed by atoms with Gasteiger partial charge in [0.25, 0.3) is 0 Å². The fourth-order valence-corrected chi connectivity index (χ4v) is 1.02. The monoisotopic (exact) mass is 254 g/mol. The molecule has 0 rings (SSSR count). The predicted octanol–water partition coefficient (Wildman–Crippen LogP) is 1.33. The summed E-state index contributed by atoms with van der Waals surface area (Å²) in [4.78, 5) is 0. The molecule has 0 aromatic heterocycles. The van der Waals surface area contributed by atoms with Gasteiger partial charge in [-0.25, -0.2) is 0 Å². The van der Waals surface area contributed by atoms with E-state index in [1.54, 1.807) is 7.11 Å². The van der Waals surface area contributed by atoms with Crippen molar-refractivity contribution in [1.29, 1.82) is 5.26 Å². The van der Waals surface area contributed by atoms with Gasteiger partial charge in [-0.05, 0) is 13.0 Å². The summed E-state index contributed by atoms with van der Waals surface area (Å²) in [5.74, 6) is -1.95. The molecule has 7 heteroatoms. The van der Waals surface area contributed by atoms with Gasteiger partial charge in [0.15, 0.2) is 5.92 Å². The Hall–Kier alpha value is -0.840. The predicted molar refractivity (Wildman–Crippen MR) is 55.3 cm³/mol. The Balaban J connectivity index is 3.42. The maximum Gasteiger partial charge on any atom is 0.405 e. The molecule has 0 bridgehead atoms. The second-order valence-corrected chi connectivity index (χ2v) is 3.39. The normalized spacial score (nSPS) is 13.4. The van der Waals surface area contributed by atoms with Crippen LogP contribution in [0.15, 0.2) is 0 Å². The number of halogens is 3. The summed E-state index contributed by atoms with van der Waals surface area (Å²) in [6.45, 7) is 1.44. The van der Waals surface area contributed by atoms with E-state index in [-0.39, 0.29) is 6.54 Å². The van der Waals surface area contributed by atoms with E-state index >= 15 is 0 Å². The standard InChI is InChI=1S/C10H17F3N2O2/c1-16-5-6-17-4-2-3-15-8-9(7-14)10(11,12)13/h9,15H,2-6,8H2,1H3. The number of ether oxygens (including phenoxy) is 2. The van der Waals surface area contributed by atoms with Crippen LogP contribution >= 0.6 is 0 Å². The Morgan fingerprint density at radius 3 is 2.53 bits per heavy atom. The molecule has 0 heterocycles. The molecule has 1 N–H and O–H groups in total. The van der Waals surface area contributed by atoms with Crippen LogP contribution in [0.5, 0.6) is 0 Å². The number of nitrogens with zero attached hydrogens (tertiary/aromatic N) is 1. The van der Waals surface area contributed by atoms with Crippen molar-refractivity contribution in [2.75, 3.05) is 40.0 Å².